The van der Waals surface area contributed by atoms with Crippen LogP contribution in [-0.4, -0.2) is 115 Å². The fourth-order valence-corrected chi connectivity index (χ4v) is 6.36. The van der Waals surface area contributed by atoms with E-state index in [0.29, 0.717) is 12.1 Å². The highest BCUT2D eigenvalue weighted by Gasteiger charge is 2.36. The van der Waals surface area contributed by atoms with Gasteiger partial charge in [-0.25, -0.2) is 0 Å². The molecule has 2 aromatic carbocycles. The third kappa shape index (κ3) is 17.1. The predicted molar refractivity (Wildman–Crippen MR) is 229 cm³/mol. The molecular formula is C41H59N9O14. The number of hydrogen-bond donors (Lipinski definition) is 12. The Morgan fingerprint density at radius 1 is 0.750 bits per heavy atom. The van der Waals surface area contributed by atoms with Gasteiger partial charge in [0.15, 0.2) is 5.75 Å². The van der Waals surface area contributed by atoms with Gasteiger partial charge in [-0.3, -0.25) is 48.5 Å². The molecule has 0 spiro atoms. The van der Waals surface area contributed by atoms with Crippen molar-refractivity contribution in [2.24, 2.45) is 17.6 Å². The number of nitrogen functional groups attached to an aromatic ring is 1. The van der Waals surface area contributed by atoms with Gasteiger partial charge in [-0.15, -0.1) is 0 Å². The smallest absolute Gasteiger partial charge is 0.310 e. The SMILES string of the molecule is CC[C@H](C)[C@H](NCc1ccccc1N)C(=O)N[C@@H](CC(C)C)C(=O)N[C@H](C(=O)N[C@@H](CC(=O)O)C(=O)N[C@@H](Cc1ccc(O)c([N+](=O)[O-])c1)C(=O)N[C@@H](CCC(=O)O)C(N)=O)[C@@H](C)O. The highest BCUT2D eigenvalue weighted by atomic mass is 16.6. The molecular weight excluding hydrogens is 842 g/mol. The number of carbonyl (C=O) groups excluding carboxylic acids is 6. The number of carbonyl (C=O) groups is 8. The standard InChI is InChI=1S/C41H59N9O14/c1-6-21(4)34(44-19-24-9-7-8-10-25(24)42)40(61)47-27(15-20(2)3)39(60)49-35(22(5)51)41(62)48-29(18-33(55)56)38(59)46-28(16-23-11-13-31(52)30(17-23)50(63)64)37(58)45-26(36(43)57)12-14-32(53)54/h7-11,13,17,20-22,26-29,34-35,44,51-52H,6,12,14-16,18-19,42H2,1-5H3,(H2,43,57)(H,45,58)(H,46,59)(H,47,61)(H,48,62)(H,49,60)(H,53,54)(H,55,56)/t21-,22+,26-,27-,28-,29-,34-,35-/m0/s1. The Hall–Kier alpha value is -6.88. The van der Waals surface area contributed by atoms with Crippen molar-refractivity contribution in [1.29, 1.82) is 0 Å². The van der Waals surface area contributed by atoms with Crippen LogP contribution in [0.25, 0.3) is 0 Å². The molecule has 0 saturated carbocycles. The Morgan fingerprint density at radius 2 is 1.31 bits per heavy atom. The maximum Gasteiger partial charge on any atom is 0.310 e. The van der Waals surface area contributed by atoms with E-state index in [2.05, 4.69) is 31.9 Å². The number of carboxylic acids is 2. The first-order valence-electron chi connectivity index (χ1n) is 20.4. The summed E-state index contributed by atoms with van der Waals surface area (Å²) in [6, 6.07) is 0.765. The van der Waals surface area contributed by atoms with E-state index in [1.165, 1.54) is 0 Å². The lowest BCUT2D eigenvalue weighted by Gasteiger charge is -2.29. The minimum atomic E-state index is -2.02. The van der Waals surface area contributed by atoms with E-state index in [-0.39, 0.29) is 30.4 Å². The number of aliphatic hydroxyl groups is 1. The third-order valence-corrected chi connectivity index (χ3v) is 10.1. The van der Waals surface area contributed by atoms with Crippen LogP contribution in [0.5, 0.6) is 5.75 Å². The topological polar surface area (TPSA) is 385 Å². The average molecular weight is 902 g/mol. The molecule has 6 amide bonds. The number of nitrogens with two attached hydrogens (primary N) is 2. The molecule has 14 N–H and O–H groups in total. The van der Waals surface area contributed by atoms with Gasteiger partial charge >= 0.3 is 17.6 Å². The maximum absolute atomic E-state index is 13.8. The number of para-hydroxylation sites is 1. The fourth-order valence-electron chi connectivity index (χ4n) is 6.36. The normalized spacial score (nSPS) is 14.9. The maximum atomic E-state index is 13.8. The summed E-state index contributed by atoms with van der Waals surface area (Å²) in [4.78, 5) is 114. The second-order valence-electron chi connectivity index (χ2n) is 15.8. The van der Waals surface area contributed by atoms with Crippen molar-refractivity contribution in [3.63, 3.8) is 0 Å². The number of benzene rings is 2. The fraction of sp³-hybridized carbons (Fsp3) is 0.512. The average Bonchev–Trinajstić information content (AvgIpc) is 3.20. The summed E-state index contributed by atoms with van der Waals surface area (Å²) in [6.45, 7) is 8.65. The van der Waals surface area contributed by atoms with Crippen LogP contribution < -0.4 is 43.4 Å². The van der Waals surface area contributed by atoms with Crippen LogP contribution in [0.2, 0.25) is 0 Å². The molecule has 0 aliphatic carbocycles. The summed E-state index contributed by atoms with van der Waals surface area (Å²) in [6.07, 6.45) is -3.82. The van der Waals surface area contributed by atoms with Crippen LogP contribution in [0.1, 0.15) is 77.8 Å². The Kier molecular flexibility index (Phi) is 21.0. The van der Waals surface area contributed by atoms with Crippen LogP contribution in [-0.2, 0) is 51.3 Å². The molecule has 8 atom stereocenters. The second kappa shape index (κ2) is 25.3. The number of anilines is 1. The number of nitro groups is 1. The molecule has 23 heteroatoms. The lowest BCUT2D eigenvalue weighted by Crippen LogP contribution is -2.62. The first-order valence-corrected chi connectivity index (χ1v) is 20.4. The minimum absolute atomic E-state index is 0.0306. The summed E-state index contributed by atoms with van der Waals surface area (Å²) in [7, 11) is 0. The van der Waals surface area contributed by atoms with Crippen molar-refractivity contribution in [3.05, 3.63) is 63.7 Å². The van der Waals surface area contributed by atoms with Crippen molar-refractivity contribution in [1.82, 2.24) is 31.9 Å². The van der Waals surface area contributed by atoms with E-state index in [1.807, 2.05) is 13.8 Å². The van der Waals surface area contributed by atoms with E-state index in [9.17, 15) is 63.8 Å². The quantitative estimate of drug-likeness (QED) is 0.0300. The molecule has 0 saturated heterocycles. The van der Waals surface area contributed by atoms with E-state index in [4.69, 9.17) is 16.6 Å². The second-order valence-corrected chi connectivity index (χ2v) is 15.8. The van der Waals surface area contributed by atoms with Crippen molar-refractivity contribution < 1.29 is 63.7 Å². The number of aliphatic carboxylic acids is 2. The number of nitrogens with one attached hydrogen (secondary N) is 6. The Balaban J connectivity index is 2.41. The van der Waals surface area contributed by atoms with Crippen LogP contribution in [0.4, 0.5) is 11.4 Å². The first kappa shape index (κ1) is 53.3. The molecule has 0 unspecified atom stereocenters. The lowest BCUT2D eigenvalue weighted by molar-refractivity contribution is -0.385. The van der Waals surface area contributed by atoms with Gasteiger partial charge in [0, 0.05) is 31.1 Å². The van der Waals surface area contributed by atoms with Crippen molar-refractivity contribution in [3.8, 4) is 5.75 Å². The van der Waals surface area contributed by atoms with Crippen LogP contribution >= 0.6 is 0 Å². The van der Waals surface area contributed by atoms with Crippen molar-refractivity contribution in [2.45, 2.75) is 122 Å². The molecule has 0 heterocycles. The number of primary amides is 1. The summed E-state index contributed by atoms with van der Waals surface area (Å²) < 4.78 is 0. The van der Waals surface area contributed by atoms with E-state index < -0.39 is 132 Å². The number of rotatable bonds is 27. The van der Waals surface area contributed by atoms with Crippen LogP contribution in [0, 0.1) is 22.0 Å². The summed E-state index contributed by atoms with van der Waals surface area (Å²) in [5.74, 6) is -10.4. The summed E-state index contributed by atoms with van der Waals surface area (Å²) in [5, 5.41) is 65.8. The van der Waals surface area contributed by atoms with Gasteiger partial charge < -0.3 is 63.8 Å². The number of aromatic hydroxyl groups is 1. The molecule has 0 aliphatic rings. The minimum Gasteiger partial charge on any atom is -0.502 e. The van der Waals surface area contributed by atoms with Crippen LogP contribution in [0.3, 0.4) is 0 Å². The number of nitrogens with zero attached hydrogens (tertiary/aromatic N) is 1. The van der Waals surface area contributed by atoms with Gasteiger partial charge in [0.25, 0.3) is 0 Å². The zero-order valence-electron chi connectivity index (χ0n) is 36.2. The van der Waals surface area contributed by atoms with E-state index in [0.717, 1.165) is 30.7 Å². The Morgan fingerprint density at radius 3 is 1.86 bits per heavy atom. The highest BCUT2D eigenvalue weighted by Crippen LogP contribution is 2.27. The van der Waals surface area contributed by atoms with E-state index in [1.54, 1.807) is 38.1 Å². The molecule has 2 aromatic rings. The number of phenolic OH excluding ortho intramolecular Hbond substituents is 1. The Labute approximate surface area is 368 Å². The molecule has 0 radical (unpaired) electrons. The van der Waals surface area contributed by atoms with E-state index >= 15 is 0 Å². The summed E-state index contributed by atoms with van der Waals surface area (Å²) in [5.41, 5.74) is 11.9. The highest BCUT2D eigenvalue weighted by molar-refractivity contribution is 5.98. The molecule has 2 rings (SSSR count). The number of hydrogen-bond acceptors (Lipinski definition) is 14. The molecule has 0 bridgehead atoms. The molecule has 23 nitrogen and oxygen atoms in total. The zero-order valence-corrected chi connectivity index (χ0v) is 36.2. The van der Waals surface area contributed by atoms with Gasteiger partial charge in [-0.05, 0) is 54.9 Å². The van der Waals surface area contributed by atoms with Gasteiger partial charge in [-0.1, -0.05) is 58.4 Å². The first-order chi connectivity index (χ1) is 29.9. The molecule has 0 fully saturated rings. The van der Waals surface area contributed by atoms with Gasteiger partial charge in [-0.2, -0.15) is 0 Å². The number of nitro benzene ring substituents is 1. The molecule has 352 valence electrons. The lowest BCUT2D eigenvalue weighted by atomic mass is 9.96. The van der Waals surface area contributed by atoms with Gasteiger partial charge in [0.05, 0.1) is 23.5 Å². The molecule has 0 aromatic heterocycles. The molecule has 64 heavy (non-hydrogen) atoms. The van der Waals surface area contributed by atoms with Crippen molar-refractivity contribution in [2.75, 3.05) is 5.73 Å². The largest absolute Gasteiger partial charge is 0.502 e. The number of aliphatic hydroxyl groups excluding tert-OH is 1. The predicted octanol–water partition coefficient (Wildman–Crippen LogP) is -0.695. The monoisotopic (exact) mass is 901 g/mol. The Bertz CT molecular complexity index is 2010. The number of phenols is 1. The van der Waals surface area contributed by atoms with Crippen molar-refractivity contribution >= 4 is 58.8 Å². The van der Waals surface area contributed by atoms with Gasteiger partial charge in [0.1, 0.15) is 30.2 Å². The molecule has 0 aliphatic heterocycles. The third-order valence-electron chi connectivity index (χ3n) is 10.1. The summed E-state index contributed by atoms with van der Waals surface area (Å²) >= 11 is 0. The van der Waals surface area contributed by atoms with Gasteiger partial charge in [0.2, 0.25) is 35.4 Å². The zero-order chi connectivity index (χ0) is 48.4. The number of carboxylic acid groups (broad SMARTS) is 2. The van der Waals surface area contributed by atoms with Crippen LogP contribution in [0.15, 0.2) is 42.5 Å². The number of amides is 6.